The summed E-state index contributed by atoms with van der Waals surface area (Å²) in [6, 6.07) is 16.2. The van der Waals surface area contributed by atoms with Crippen LogP contribution >= 0.6 is 0 Å². The van der Waals surface area contributed by atoms with Crippen LogP contribution in [0.4, 0.5) is 13.2 Å². The molecule has 4 rings (SSSR count). The topological polar surface area (TPSA) is 85.7 Å². The fourth-order valence-corrected chi connectivity index (χ4v) is 3.58. The summed E-state index contributed by atoms with van der Waals surface area (Å²) in [5.41, 5.74) is 9.07. The Morgan fingerprint density at radius 2 is 1.79 bits per heavy atom. The maximum absolute atomic E-state index is 13.1. The van der Waals surface area contributed by atoms with Crippen molar-refractivity contribution in [1.29, 1.82) is 0 Å². The minimum atomic E-state index is -4.57. The largest absolute Gasteiger partial charge is 0.488 e. The van der Waals surface area contributed by atoms with Gasteiger partial charge in [-0.15, -0.1) is 0 Å². The lowest BCUT2D eigenvalue weighted by molar-refractivity contribution is -0.137. The Labute approximate surface area is 187 Å². The molecule has 1 aromatic heterocycles. The summed E-state index contributed by atoms with van der Waals surface area (Å²) in [6.45, 7) is 0.323. The van der Waals surface area contributed by atoms with Gasteiger partial charge in [-0.3, -0.25) is 4.79 Å². The molecular weight excluding hydrogens is 435 g/mol. The number of aliphatic carboxylic acids is 1. The molecule has 0 fully saturated rings. The fraction of sp³-hybridized carbons (Fsp3) is 0.160. The fourth-order valence-electron chi connectivity index (χ4n) is 3.58. The number of ether oxygens (including phenoxy) is 1. The molecule has 0 aliphatic rings. The molecule has 0 unspecified atom stereocenters. The number of hydrogen-bond acceptors (Lipinski definition) is 4. The Hall–Kier alpha value is -3.78. The second-order valence-electron chi connectivity index (χ2n) is 7.56. The van der Waals surface area contributed by atoms with E-state index >= 15 is 0 Å². The van der Waals surface area contributed by atoms with Gasteiger partial charge in [-0.2, -0.15) is 13.2 Å². The first kappa shape index (κ1) is 22.4. The number of carboxylic acids is 1. The normalized spacial score (nSPS) is 11.6. The van der Waals surface area contributed by atoms with E-state index in [4.69, 9.17) is 20.0 Å². The molecule has 5 nitrogen and oxygen atoms in total. The highest BCUT2D eigenvalue weighted by Crippen LogP contribution is 2.34. The molecule has 3 aromatic carbocycles. The van der Waals surface area contributed by atoms with Gasteiger partial charge < -0.3 is 20.0 Å². The Kier molecular flexibility index (Phi) is 6.11. The lowest BCUT2D eigenvalue weighted by atomic mass is 10.0. The number of carbonyl (C=O) groups is 1. The van der Waals surface area contributed by atoms with Gasteiger partial charge in [-0.05, 0) is 47.0 Å². The number of carboxylic acid groups (broad SMARTS) is 1. The minimum absolute atomic E-state index is 0.0901. The second-order valence-corrected chi connectivity index (χ2v) is 7.56. The Morgan fingerprint density at radius 1 is 1.00 bits per heavy atom. The number of alkyl halides is 3. The average molecular weight is 455 g/mol. The maximum atomic E-state index is 13.1. The Bertz CT molecular complexity index is 1310. The van der Waals surface area contributed by atoms with Gasteiger partial charge in [0.1, 0.15) is 17.9 Å². The highest BCUT2D eigenvalue weighted by atomic mass is 19.4. The Balaban J connectivity index is 1.65. The molecule has 8 heteroatoms. The molecule has 0 aliphatic carbocycles. The predicted molar refractivity (Wildman–Crippen MR) is 117 cm³/mol. The number of fused-ring (bicyclic) bond motifs is 1. The molecule has 3 N–H and O–H groups in total. The molecule has 33 heavy (non-hydrogen) atoms. The summed E-state index contributed by atoms with van der Waals surface area (Å²) in [5, 5.41) is 9.84. The third-order valence-corrected chi connectivity index (χ3v) is 5.27. The first-order chi connectivity index (χ1) is 15.7. The quantitative estimate of drug-likeness (QED) is 0.369. The van der Waals surface area contributed by atoms with Crippen LogP contribution in [0.3, 0.4) is 0 Å². The van der Waals surface area contributed by atoms with E-state index in [1.165, 1.54) is 6.26 Å². The van der Waals surface area contributed by atoms with Crippen molar-refractivity contribution in [2.75, 3.05) is 0 Å². The molecule has 0 saturated heterocycles. The van der Waals surface area contributed by atoms with Crippen LogP contribution in [-0.2, 0) is 30.5 Å². The van der Waals surface area contributed by atoms with Crippen molar-refractivity contribution < 1.29 is 32.2 Å². The smallest absolute Gasteiger partial charge is 0.416 e. The van der Waals surface area contributed by atoms with Gasteiger partial charge in [0.05, 0.1) is 18.2 Å². The van der Waals surface area contributed by atoms with Gasteiger partial charge in [0, 0.05) is 23.1 Å². The summed E-state index contributed by atoms with van der Waals surface area (Å²) < 4.78 is 50.7. The van der Waals surface area contributed by atoms with E-state index in [1.54, 1.807) is 0 Å². The van der Waals surface area contributed by atoms with E-state index in [-0.39, 0.29) is 17.9 Å². The van der Waals surface area contributed by atoms with Crippen molar-refractivity contribution in [2.45, 2.75) is 25.7 Å². The monoisotopic (exact) mass is 455 g/mol. The highest BCUT2D eigenvalue weighted by Gasteiger charge is 2.31. The molecule has 4 aromatic rings. The molecule has 1 heterocycles. The van der Waals surface area contributed by atoms with Gasteiger partial charge >= 0.3 is 12.1 Å². The zero-order chi connectivity index (χ0) is 23.6. The summed E-state index contributed by atoms with van der Waals surface area (Å²) in [5.74, 6) is -1.30. The van der Waals surface area contributed by atoms with Crippen molar-refractivity contribution in [1.82, 2.24) is 0 Å². The number of halogens is 3. The molecule has 0 amide bonds. The first-order valence-corrected chi connectivity index (χ1v) is 10.1. The molecule has 0 radical (unpaired) electrons. The van der Waals surface area contributed by atoms with Gasteiger partial charge in [-0.1, -0.05) is 30.3 Å². The van der Waals surface area contributed by atoms with Crippen molar-refractivity contribution in [3.8, 4) is 16.9 Å². The number of nitrogens with two attached hydrogens (primary N) is 1. The van der Waals surface area contributed by atoms with Gasteiger partial charge in [0.2, 0.25) is 0 Å². The zero-order valence-corrected chi connectivity index (χ0v) is 17.4. The summed E-state index contributed by atoms with van der Waals surface area (Å²) >= 11 is 0. The van der Waals surface area contributed by atoms with E-state index < -0.39 is 24.1 Å². The van der Waals surface area contributed by atoms with Gasteiger partial charge in [0.25, 0.3) is 0 Å². The lowest BCUT2D eigenvalue weighted by Gasteiger charge is -2.14. The van der Waals surface area contributed by atoms with Crippen LogP contribution in [0.5, 0.6) is 5.75 Å². The van der Waals surface area contributed by atoms with Crippen LogP contribution in [0, 0.1) is 0 Å². The number of hydrogen-bond donors (Lipinski definition) is 2. The van der Waals surface area contributed by atoms with Gasteiger partial charge in [-0.25, -0.2) is 0 Å². The van der Waals surface area contributed by atoms with Crippen molar-refractivity contribution in [3.05, 3.63) is 89.2 Å². The highest BCUT2D eigenvalue weighted by molar-refractivity contribution is 5.86. The SMILES string of the molecule is NCc1cccc(-c2ccc3occ(COc4cc(C(F)(F)F)ccc4CC(=O)O)c3c2)c1. The maximum Gasteiger partial charge on any atom is 0.416 e. The molecule has 0 atom stereocenters. The van der Waals surface area contributed by atoms with E-state index in [0.717, 1.165) is 40.3 Å². The number of furan rings is 1. The predicted octanol–water partition coefficient (Wildman–Crippen LogP) is 5.78. The standard InChI is InChI=1S/C25H20F3NO4/c26-25(27,28)20-6-4-18(10-24(30)31)23(11-20)33-14-19-13-32-22-7-5-17(9-21(19)22)16-3-1-2-15(8-16)12-29/h1-9,11,13H,10,12,14,29H2,(H,30,31). The van der Waals surface area contributed by atoms with Crippen LogP contribution < -0.4 is 10.5 Å². The van der Waals surface area contributed by atoms with Crippen LogP contribution in [0.25, 0.3) is 22.1 Å². The van der Waals surface area contributed by atoms with Crippen LogP contribution in [0.2, 0.25) is 0 Å². The number of benzene rings is 3. The average Bonchev–Trinajstić information content (AvgIpc) is 3.19. The van der Waals surface area contributed by atoms with E-state index in [2.05, 4.69) is 0 Å². The van der Waals surface area contributed by atoms with E-state index in [1.807, 2.05) is 42.5 Å². The van der Waals surface area contributed by atoms with Crippen molar-refractivity contribution in [3.63, 3.8) is 0 Å². The molecule has 0 saturated carbocycles. The van der Waals surface area contributed by atoms with Crippen LogP contribution in [-0.4, -0.2) is 11.1 Å². The molecule has 0 aliphatic heterocycles. The van der Waals surface area contributed by atoms with Crippen LogP contribution in [0.15, 0.2) is 71.3 Å². The van der Waals surface area contributed by atoms with Crippen LogP contribution in [0.1, 0.15) is 22.3 Å². The summed E-state index contributed by atoms with van der Waals surface area (Å²) in [4.78, 5) is 11.1. The minimum Gasteiger partial charge on any atom is -0.488 e. The zero-order valence-electron chi connectivity index (χ0n) is 17.4. The lowest BCUT2D eigenvalue weighted by Crippen LogP contribution is -2.09. The van der Waals surface area contributed by atoms with Crippen molar-refractivity contribution >= 4 is 16.9 Å². The summed E-state index contributed by atoms with van der Waals surface area (Å²) in [6.07, 6.45) is -3.55. The summed E-state index contributed by atoms with van der Waals surface area (Å²) in [7, 11) is 0. The van der Waals surface area contributed by atoms with E-state index in [0.29, 0.717) is 17.7 Å². The second kappa shape index (κ2) is 8.99. The number of rotatable bonds is 7. The first-order valence-electron chi connectivity index (χ1n) is 10.1. The third-order valence-electron chi connectivity index (χ3n) is 5.27. The Morgan fingerprint density at radius 3 is 2.52 bits per heavy atom. The molecule has 170 valence electrons. The third kappa shape index (κ3) is 5.01. The van der Waals surface area contributed by atoms with E-state index in [9.17, 15) is 18.0 Å². The van der Waals surface area contributed by atoms with Crippen molar-refractivity contribution in [2.24, 2.45) is 5.73 Å². The molecule has 0 spiro atoms. The van der Waals surface area contributed by atoms with Gasteiger partial charge in [0.15, 0.2) is 0 Å². The molecular formula is C25H20F3NO4. The molecule has 0 bridgehead atoms.